The molecule has 13 rings (SSSR count). The molecule has 4 atom stereocenters. The van der Waals surface area contributed by atoms with Gasteiger partial charge in [0.2, 0.25) is 0 Å². The Balaban J connectivity index is 0.987. The third-order valence-electron chi connectivity index (χ3n) is 14.9. The second kappa shape index (κ2) is 17.3. The molecule has 5 aromatic carbocycles. The van der Waals surface area contributed by atoms with Crippen LogP contribution in [-0.4, -0.2) is 22.5 Å². The van der Waals surface area contributed by atoms with Gasteiger partial charge in [-0.05, 0) is 97.7 Å². The lowest BCUT2D eigenvalue weighted by Gasteiger charge is -2.31. The van der Waals surface area contributed by atoms with Crippen LogP contribution in [0.1, 0.15) is 114 Å². The summed E-state index contributed by atoms with van der Waals surface area (Å²) >= 11 is 0. The van der Waals surface area contributed by atoms with Gasteiger partial charge in [0.1, 0.15) is 23.2 Å². The molecule has 6 heteroatoms. The first-order valence-electron chi connectivity index (χ1n) is 24.7. The standard InChI is InChI=1S/C62H53N5O/c1-6-20-40(21-7-1)46-31-18-32-47(41-22-8-2-9-23-41)57(46)44-36-53(62-65-60(42-24-10-3-11-25-42)64-61(66-62)43-26-12-4-13-27-43)58(63-39-44)50-34-19-33-49-52-37-51-48-30-16-17-35-54(48)67(45-28-14-5-15-29-45)55(51)38-56(52)68-59(49)50/h1,3-4,6-8,10-14,16,18-22,24-32,34,37-39,41,44,49,60H,2,5,9,15,17,23,33,35-36H2,(H,64,65,66). The van der Waals surface area contributed by atoms with E-state index in [1.54, 1.807) is 0 Å². The van der Waals surface area contributed by atoms with E-state index in [1.165, 1.54) is 62.1 Å². The Morgan fingerprint density at radius 1 is 0.676 bits per heavy atom. The molecule has 0 amide bonds. The Labute approximate surface area is 398 Å². The zero-order valence-electron chi connectivity index (χ0n) is 38.2. The van der Waals surface area contributed by atoms with Gasteiger partial charge in [0, 0.05) is 74.6 Å². The molecule has 1 N–H and O–H groups in total. The summed E-state index contributed by atoms with van der Waals surface area (Å²) in [6.07, 6.45) is 32.1. The van der Waals surface area contributed by atoms with Gasteiger partial charge in [-0.1, -0.05) is 158 Å². The maximum absolute atomic E-state index is 7.22. The Bertz CT molecular complexity index is 3320. The molecule has 0 spiro atoms. The predicted molar refractivity (Wildman–Crippen MR) is 279 cm³/mol. The number of nitrogens with zero attached hydrogens (tertiary/aromatic N) is 4. The maximum atomic E-state index is 7.22. The Kier molecular flexibility index (Phi) is 10.3. The number of aromatic nitrogens is 1. The summed E-state index contributed by atoms with van der Waals surface area (Å²) in [6.45, 7) is 0. The Morgan fingerprint density at radius 3 is 2.29 bits per heavy atom. The fraction of sp³-hybridized carbons (Fsp3) is 0.210. The molecule has 3 aliphatic heterocycles. The van der Waals surface area contributed by atoms with E-state index in [1.807, 2.05) is 0 Å². The number of ether oxygens (including phenoxy) is 1. The molecule has 68 heavy (non-hydrogen) atoms. The van der Waals surface area contributed by atoms with E-state index in [-0.39, 0.29) is 11.8 Å². The molecule has 332 valence electrons. The first-order valence-corrected chi connectivity index (χ1v) is 24.7. The normalized spacial score (nSPS) is 22.6. The second-order valence-corrected chi connectivity index (χ2v) is 19.0. The number of fused-ring (bicyclic) bond motifs is 6. The summed E-state index contributed by atoms with van der Waals surface area (Å²) < 4.78 is 9.72. The van der Waals surface area contributed by atoms with E-state index >= 15 is 0 Å². The average Bonchev–Trinajstić information content (AvgIpc) is 3.95. The van der Waals surface area contributed by atoms with E-state index < -0.39 is 6.17 Å². The third kappa shape index (κ3) is 7.13. The largest absolute Gasteiger partial charge is 0.460 e. The number of aliphatic imine (C=N–C) groups is 3. The maximum Gasteiger partial charge on any atom is 0.169 e. The van der Waals surface area contributed by atoms with E-state index in [0.717, 1.165) is 96.1 Å². The minimum Gasteiger partial charge on any atom is -0.460 e. The van der Waals surface area contributed by atoms with Crippen LogP contribution < -0.4 is 10.1 Å². The molecule has 6 aromatic rings. The van der Waals surface area contributed by atoms with Crippen LogP contribution in [0.3, 0.4) is 0 Å². The minimum atomic E-state index is -0.438. The molecule has 0 bridgehead atoms. The Morgan fingerprint density at radius 2 is 1.49 bits per heavy atom. The fourth-order valence-corrected chi connectivity index (χ4v) is 11.7. The summed E-state index contributed by atoms with van der Waals surface area (Å²) in [4.78, 5) is 16.4. The highest BCUT2D eigenvalue weighted by Crippen LogP contribution is 2.52. The number of hydrogen-bond donors (Lipinski definition) is 1. The predicted octanol–water partition coefficient (Wildman–Crippen LogP) is 14.6. The number of allylic oxidation sites excluding steroid dienone is 10. The van der Waals surface area contributed by atoms with Crippen LogP contribution in [0.4, 0.5) is 0 Å². The number of amidine groups is 2. The average molecular weight is 884 g/mol. The van der Waals surface area contributed by atoms with Gasteiger partial charge in [0.25, 0.3) is 0 Å². The van der Waals surface area contributed by atoms with Crippen molar-refractivity contribution < 1.29 is 4.74 Å². The van der Waals surface area contributed by atoms with Gasteiger partial charge in [0.15, 0.2) is 6.17 Å². The molecule has 0 radical (unpaired) electrons. The van der Waals surface area contributed by atoms with Gasteiger partial charge < -0.3 is 14.6 Å². The van der Waals surface area contributed by atoms with Crippen molar-refractivity contribution >= 4 is 40.6 Å². The summed E-state index contributed by atoms with van der Waals surface area (Å²) in [5.41, 5.74) is 16.7. The van der Waals surface area contributed by atoms with Crippen molar-refractivity contribution in [2.45, 2.75) is 81.7 Å². The van der Waals surface area contributed by atoms with E-state index in [9.17, 15) is 0 Å². The summed E-state index contributed by atoms with van der Waals surface area (Å²) in [7, 11) is 0. The van der Waals surface area contributed by atoms with Crippen molar-refractivity contribution in [1.29, 1.82) is 0 Å². The van der Waals surface area contributed by atoms with E-state index in [2.05, 4.69) is 192 Å². The molecule has 6 nitrogen and oxygen atoms in total. The number of benzene rings is 5. The van der Waals surface area contributed by atoms with Crippen molar-refractivity contribution in [2.24, 2.45) is 15.0 Å². The highest BCUT2D eigenvalue weighted by atomic mass is 16.5. The molecule has 4 aliphatic carbocycles. The van der Waals surface area contributed by atoms with Crippen molar-refractivity contribution in [1.82, 2.24) is 9.88 Å². The summed E-state index contributed by atoms with van der Waals surface area (Å²) in [5, 5.41) is 5.12. The van der Waals surface area contributed by atoms with Gasteiger partial charge in [-0.3, -0.25) is 4.99 Å². The first kappa shape index (κ1) is 40.7. The van der Waals surface area contributed by atoms with Crippen LogP contribution in [0.15, 0.2) is 208 Å². The molecule has 0 saturated carbocycles. The van der Waals surface area contributed by atoms with Crippen LogP contribution in [0, 0.1) is 0 Å². The molecular formula is C62H53N5O. The lowest BCUT2D eigenvalue weighted by atomic mass is 9.76. The van der Waals surface area contributed by atoms with Crippen LogP contribution >= 0.6 is 0 Å². The van der Waals surface area contributed by atoms with Gasteiger partial charge in [-0.2, -0.15) is 0 Å². The van der Waals surface area contributed by atoms with Crippen molar-refractivity contribution in [3.05, 3.63) is 232 Å². The smallest absolute Gasteiger partial charge is 0.169 e. The lowest BCUT2D eigenvalue weighted by molar-refractivity contribution is 0.420. The minimum absolute atomic E-state index is 0.0204. The zero-order valence-corrected chi connectivity index (χ0v) is 38.2. The van der Waals surface area contributed by atoms with E-state index in [4.69, 9.17) is 19.7 Å². The van der Waals surface area contributed by atoms with Crippen LogP contribution in [-0.2, 0) is 6.42 Å². The van der Waals surface area contributed by atoms with Crippen LogP contribution in [0.5, 0.6) is 5.75 Å². The highest BCUT2D eigenvalue weighted by Gasteiger charge is 2.39. The third-order valence-corrected chi connectivity index (χ3v) is 14.9. The quantitative estimate of drug-likeness (QED) is 0.155. The Hall–Kier alpha value is -7.57. The summed E-state index contributed by atoms with van der Waals surface area (Å²) in [5.74, 6) is 3.89. The van der Waals surface area contributed by atoms with Crippen LogP contribution in [0.25, 0.3) is 33.8 Å². The molecular weight excluding hydrogens is 831 g/mol. The monoisotopic (exact) mass is 883 g/mol. The van der Waals surface area contributed by atoms with Gasteiger partial charge >= 0.3 is 0 Å². The fourth-order valence-electron chi connectivity index (χ4n) is 11.7. The van der Waals surface area contributed by atoms with E-state index in [0.29, 0.717) is 12.3 Å². The molecule has 7 aliphatic rings. The van der Waals surface area contributed by atoms with Crippen LogP contribution in [0.2, 0.25) is 0 Å². The first-order chi connectivity index (χ1) is 33.7. The molecule has 1 aromatic heterocycles. The van der Waals surface area contributed by atoms with Crippen molar-refractivity contribution in [3.63, 3.8) is 0 Å². The van der Waals surface area contributed by atoms with Crippen molar-refractivity contribution in [3.8, 4) is 16.9 Å². The van der Waals surface area contributed by atoms with Gasteiger partial charge in [0.05, 0.1) is 11.2 Å². The van der Waals surface area contributed by atoms with Crippen molar-refractivity contribution in [2.75, 3.05) is 0 Å². The molecule has 4 unspecified atom stereocenters. The zero-order chi connectivity index (χ0) is 45.0. The molecule has 0 saturated heterocycles. The lowest BCUT2D eigenvalue weighted by Crippen LogP contribution is -2.38. The van der Waals surface area contributed by atoms with Gasteiger partial charge in [-0.25, -0.2) is 9.98 Å². The highest BCUT2D eigenvalue weighted by molar-refractivity contribution is 6.16. The topological polar surface area (TPSA) is 63.3 Å². The molecule has 0 fully saturated rings. The summed E-state index contributed by atoms with van der Waals surface area (Å²) in [6, 6.07) is 43.5. The SMILES string of the molecule is C1=CC(n2c3c(c4cc5c(cc42)OC2=C(C4=C(C6=NC(c7ccccc7)N=C(c7ccccc7)N6)CC(c6c(-c7ccccc7)cccc6C6C=CCCC6)C=N4)C=CCC25)C=CCC3)=CCC1. The number of rotatable bonds is 8. The number of hydrogen-bond acceptors (Lipinski definition) is 5. The second-order valence-electron chi connectivity index (χ2n) is 19.0. The van der Waals surface area contributed by atoms with Gasteiger partial charge in [-0.15, -0.1) is 0 Å². The molecule has 4 heterocycles. The number of nitrogens with one attached hydrogen (secondary N) is 1.